The Bertz CT molecular complexity index is 1150. The largest absolute Gasteiger partial charge is 0.353 e. The second-order valence-electron chi connectivity index (χ2n) is 9.37. The number of rotatable bonds is 6. The van der Waals surface area contributed by atoms with E-state index in [1.165, 1.54) is 6.07 Å². The molecule has 174 valence electrons. The normalized spacial score (nSPS) is 15.7. The lowest BCUT2D eigenvalue weighted by Gasteiger charge is -2.32. The number of fused-ring (bicyclic) bond motifs is 1. The molecule has 33 heavy (non-hydrogen) atoms. The Hall–Kier alpha value is -3.15. The van der Waals surface area contributed by atoms with Crippen molar-refractivity contribution in [3.8, 4) is 0 Å². The van der Waals surface area contributed by atoms with Crippen LogP contribution in [-0.4, -0.2) is 40.4 Å². The minimum atomic E-state index is -0.281. The third-order valence-electron chi connectivity index (χ3n) is 6.84. The number of para-hydroxylation sites is 1. The lowest BCUT2D eigenvalue weighted by molar-refractivity contribution is -0.127. The van der Waals surface area contributed by atoms with Gasteiger partial charge in [-0.25, -0.2) is 4.39 Å². The summed E-state index contributed by atoms with van der Waals surface area (Å²) in [7, 11) is 0. The van der Waals surface area contributed by atoms with Crippen LogP contribution >= 0.6 is 0 Å². The average molecular weight is 450 g/mol. The number of piperidine rings is 1. The fraction of sp³-hybridized carbons (Fsp3) is 0.407. The monoisotopic (exact) mass is 449 g/mol. The summed E-state index contributed by atoms with van der Waals surface area (Å²) in [5.41, 5.74) is 2.00. The summed E-state index contributed by atoms with van der Waals surface area (Å²) in [6.07, 6.45) is 1.30. The number of halogens is 1. The number of benzene rings is 2. The first-order valence-corrected chi connectivity index (χ1v) is 11.8. The molecule has 2 amide bonds. The highest BCUT2D eigenvalue weighted by Gasteiger charge is 2.30. The van der Waals surface area contributed by atoms with Crippen molar-refractivity contribution in [2.75, 3.05) is 13.1 Å². The van der Waals surface area contributed by atoms with E-state index >= 15 is 0 Å². The van der Waals surface area contributed by atoms with Gasteiger partial charge in [-0.2, -0.15) is 0 Å². The molecule has 1 aliphatic heterocycles. The van der Waals surface area contributed by atoms with E-state index in [1.807, 2.05) is 52.8 Å². The molecule has 1 unspecified atom stereocenters. The predicted octanol–water partition coefficient (Wildman–Crippen LogP) is 4.84. The number of nitrogens with one attached hydrogen (secondary N) is 1. The smallest absolute Gasteiger partial charge is 0.270 e. The molecular weight excluding hydrogens is 417 g/mol. The standard InChI is InChI=1S/C27H32FN3O2/c1-18(2)19(3)29-26(32)20-12-14-30(15-13-20)27(33)25-16-21-8-5-7-11-24(21)31(25)17-22-9-4-6-10-23(22)28/h4-11,16,18-20H,12-15,17H2,1-3H3,(H,29,32). The Labute approximate surface area is 194 Å². The van der Waals surface area contributed by atoms with Gasteiger partial charge in [0.25, 0.3) is 5.91 Å². The minimum Gasteiger partial charge on any atom is -0.353 e. The molecule has 0 spiro atoms. The maximum atomic E-state index is 14.4. The van der Waals surface area contributed by atoms with Gasteiger partial charge in [-0.05, 0) is 43.9 Å². The van der Waals surface area contributed by atoms with Crippen molar-refractivity contribution in [3.05, 3.63) is 71.7 Å². The minimum absolute atomic E-state index is 0.0699. The summed E-state index contributed by atoms with van der Waals surface area (Å²) < 4.78 is 16.3. The molecule has 1 aliphatic rings. The third-order valence-corrected chi connectivity index (χ3v) is 6.84. The molecule has 1 N–H and O–H groups in total. The molecule has 2 aromatic carbocycles. The highest BCUT2D eigenvalue weighted by molar-refractivity contribution is 5.99. The van der Waals surface area contributed by atoms with Crippen LogP contribution in [0.2, 0.25) is 0 Å². The molecule has 4 rings (SSSR count). The van der Waals surface area contributed by atoms with Crippen LogP contribution in [0.15, 0.2) is 54.6 Å². The van der Waals surface area contributed by atoms with Crippen molar-refractivity contribution in [2.45, 2.75) is 46.2 Å². The van der Waals surface area contributed by atoms with Crippen molar-refractivity contribution >= 4 is 22.7 Å². The van der Waals surface area contributed by atoms with Gasteiger partial charge >= 0.3 is 0 Å². The van der Waals surface area contributed by atoms with Gasteiger partial charge in [0.1, 0.15) is 11.5 Å². The van der Waals surface area contributed by atoms with Crippen LogP contribution in [0.25, 0.3) is 10.9 Å². The Kier molecular flexibility index (Phi) is 6.82. The third kappa shape index (κ3) is 4.95. The van der Waals surface area contributed by atoms with Crippen LogP contribution in [0.3, 0.4) is 0 Å². The number of hydrogen-bond acceptors (Lipinski definition) is 2. The lowest BCUT2D eigenvalue weighted by Crippen LogP contribution is -2.46. The van der Waals surface area contributed by atoms with Gasteiger partial charge < -0.3 is 14.8 Å². The zero-order valence-electron chi connectivity index (χ0n) is 19.6. The Morgan fingerprint density at radius 3 is 2.39 bits per heavy atom. The van der Waals surface area contributed by atoms with Crippen LogP contribution in [0.4, 0.5) is 4.39 Å². The fourth-order valence-corrected chi connectivity index (χ4v) is 4.37. The van der Waals surface area contributed by atoms with Crippen molar-refractivity contribution in [2.24, 2.45) is 11.8 Å². The quantitative estimate of drug-likeness (QED) is 0.585. The summed E-state index contributed by atoms with van der Waals surface area (Å²) >= 11 is 0. The van der Waals surface area contributed by atoms with Crippen molar-refractivity contribution < 1.29 is 14.0 Å². The van der Waals surface area contributed by atoms with Crippen molar-refractivity contribution in [1.29, 1.82) is 0 Å². The van der Waals surface area contributed by atoms with Gasteiger partial charge in [-0.3, -0.25) is 9.59 Å². The lowest BCUT2D eigenvalue weighted by atomic mass is 9.94. The predicted molar refractivity (Wildman–Crippen MR) is 129 cm³/mol. The molecule has 2 heterocycles. The number of likely N-dealkylation sites (tertiary alicyclic amines) is 1. The van der Waals surface area contributed by atoms with Crippen molar-refractivity contribution in [3.63, 3.8) is 0 Å². The van der Waals surface area contributed by atoms with Crippen LogP contribution < -0.4 is 5.32 Å². The maximum absolute atomic E-state index is 14.4. The molecular formula is C27H32FN3O2. The summed E-state index contributed by atoms with van der Waals surface area (Å²) in [5, 5.41) is 4.06. The van der Waals surface area contributed by atoms with Crippen molar-refractivity contribution in [1.82, 2.24) is 14.8 Å². The van der Waals surface area contributed by atoms with Gasteiger partial charge in [0.15, 0.2) is 0 Å². The second kappa shape index (κ2) is 9.77. The van der Waals surface area contributed by atoms with Gasteiger partial charge in [-0.1, -0.05) is 50.2 Å². The molecule has 3 aromatic rings. The molecule has 5 nitrogen and oxygen atoms in total. The first-order valence-electron chi connectivity index (χ1n) is 11.8. The Morgan fingerprint density at radius 2 is 1.70 bits per heavy atom. The first kappa shape index (κ1) is 23.0. The van der Waals surface area contributed by atoms with E-state index in [9.17, 15) is 14.0 Å². The number of carbonyl (C=O) groups is 2. The van der Waals surface area contributed by atoms with Gasteiger partial charge in [0.05, 0.1) is 6.54 Å². The molecule has 1 saturated heterocycles. The number of aromatic nitrogens is 1. The molecule has 0 aliphatic carbocycles. The van der Waals surface area contributed by atoms with E-state index in [2.05, 4.69) is 19.2 Å². The van der Waals surface area contributed by atoms with E-state index < -0.39 is 0 Å². The summed E-state index contributed by atoms with van der Waals surface area (Å²) in [4.78, 5) is 28.0. The SMILES string of the molecule is CC(C)C(C)NC(=O)C1CCN(C(=O)c2cc3ccccc3n2Cc2ccccc2F)CC1. The van der Waals surface area contributed by atoms with Gasteiger partial charge in [-0.15, -0.1) is 0 Å². The van der Waals surface area contributed by atoms with E-state index in [4.69, 9.17) is 0 Å². The highest BCUT2D eigenvalue weighted by atomic mass is 19.1. The topological polar surface area (TPSA) is 54.3 Å². The number of amides is 2. The molecule has 0 saturated carbocycles. The number of carbonyl (C=O) groups excluding carboxylic acids is 2. The molecule has 6 heteroatoms. The number of nitrogens with zero attached hydrogens (tertiary/aromatic N) is 2. The zero-order chi connectivity index (χ0) is 23.5. The second-order valence-corrected chi connectivity index (χ2v) is 9.37. The molecule has 0 radical (unpaired) electrons. The summed E-state index contributed by atoms with van der Waals surface area (Å²) in [6.45, 7) is 7.56. The first-order chi connectivity index (χ1) is 15.8. The van der Waals surface area contributed by atoms with E-state index in [0.29, 0.717) is 43.1 Å². The average Bonchev–Trinajstić information content (AvgIpc) is 3.18. The molecule has 1 atom stereocenters. The summed E-state index contributed by atoms with van der Waals surface area (Å²) in [6, 6.07) is 16.5. The van der Waals surface area contributed by atoms with Gasteiger partial charge in [0, 0.05) is 41.5 Å². The van der Waals surface area contributed by atoms with E-state index in [0.717, 1.165) is 10.9 Å². The molecule has 1 fully saturated rings. The van der Waals surface area contributed by atoms with E-state index in [1.54, 1.807) is 12.1 Å². The Morgan fingerprint density at radius 1 is 1.03 bits per heavy atom. The number of hydrogen-bond donors (Lipinski definition) is 1. The van der Waals surface area contributed by atoms with Crippen LogP contribution in [0, 0.1) is 17.7 Å². The Balaban J connectivity index is 1.52. The van der Waals surface area contributed by atoms with E-state index in [-0.39, 0.29) is 36.1 Å². The van der Waals surface area contributed by atoms with Crippen LogP contribution in [-0.2, 0) is 11.3 Å². The van der Waals surface area contributed by atoms with Gasteiger partial charge in [0.2, 0.25) is 5.91 Å². The van der Waals surface area contributed by atoms with Crippen LogP contribution in [0.5, 0.6) is 0 Å². The highest BCUT2D eigenvalue weighted by Crippen LogP contribution is 2.26. The summed E-state index contributed by atoms with van der Waals surface area (Å²) in [5.74, 6) is 0.0385. The fourth-order valence-electron chi connectivity index (χ4n) is 4.37. The zero-order valence-corrected chi connectivity index (χ0v) is 19.6. The molecule has 1 aromatic heterocycles. The molecule has 0 bridgehead atoms. The van der Waals surface area contributed by atoms with Crippen LogP contribution in [0.1, 0.15) is 49.7 Å². The maximum Gasteiger partial charge on any atom is 0.270 e.